The van der Waals surface area contributed by atoms with Gasteiger partial charge in [0.15, 0.2) is 0 Å². The van der Waals surface area contributed by atoms with Crippen LogP contribution in [0.1, 0.15) is 5.56 Å². The molecular formula is C15H17N3O. The molecule has 0 spiro atoms. The van der Waals surface area contributed by atoms with Gasteiger partial charge in [0, 0.05) is 25.7 Å². The predicted octanol–water partition coefficient (Wildman–Crippen LogP) is 2.46. The molecule has 0 unspecified atom stereocenters. The van der Waals surface area contributed by atoms with E-state index in [4.69, 9.17) is 0 Å². The van der Waals surface area contributed by atoms with E-state index in [0.29, 0.717) is 0 Å². The molecule has 4 nitrogen and oxygen atoms in total. The summed E-state index contributed by atoms with van der Waals surface area (Å²) in [5, 5.41) is 5.48. The van der Waals surface area contributed by atoms with Crippen molar-refractivity contribution >= 4 is 22.9 Å². The number of carbonyl (C=O) groups is 1. The van der Waals surface area contributed by atoms with Crippen LogP contribution < -0.4 is 0 Å². The Morgan fingerprint density at radius 3 is 2.84 bits per heavy atom. The first-order chi connectivity index (χ1) is 9.11. The van der Waals surface area contributed by atoms with Crippen molar-refractivity contribution in [3.63, 3.8) is 0 Å². The molecule has 0 aliphatic rings. The summed E-state index contributed by atoms with van der Waals surface area (Å²) < 4.78 is 1.83. The molecule has 0 atom stereocenters. The number of aryl methyl sites for hydroxylation is 1. The average molecular weight is 255 g/mol. The van der Waals surface area contributed by atoms with Crippen LogP contribution in [0.4, 0.5) is 0 Å². The highest BCUT2D eigenvalue weighted by Crippen LogP contribution is 2.19. The summed E-state index contributed by atoms with van der Waals surface area (Å²) in [5.41, 5.74) is 3.07. The minimum atomic E-state index is 0.763. The molecule has 0 N–H and O–H groups in total. The summed E-state index contributed by atoms with van der Waals surface area (Å²) in [6.07, 6.45) is 7.74. The van der Waals surface area contributed by atoms with Crippen LogP contribution in [-0.4, -0.2) is 35.1 Å². The van der Waals surface area contributed by atoms with Gasteiger partial charge in [-0.3, -0.25) is 4.79 Å². The standard InChI is InChI=1S/C15H17N3O/c1-12-6-7-15-13(9-12)10-16-18(15)14(5-4-8-19)11-17(2)3/h4-11H,1-3H3/b5-4-,14-11?. The molecule has 0 bridgehead atoms. The Hall–Kier alpha value is -2.36. The van der Waals surface area contributed by atoms with Crippen LogP contribution in [0.2, 0.25) is 0 Å². The highest BCUT2D eigenvalue weighted by Gasteiger charge is 2.05. The number of hydrogen-bond acceptors (Lipinski definition) is 3. The normalized spacial score (nSPS) is 12.3. The van der Waals surface area contributed by atoms with Crippen molar-refractivity contribution in [3.05, 3.63) is 48.3 Å². The van der Waals surface area contributed by atoms with E-state index in [2.05, 4.69) is 24.2 Å². The number of nitrogens with zero attached hydrogens (tertiary/aromatic N) is 3. The van der Waals surface area contributed by atoms with Gasteiger partial charge in [0.25, 0.3) is 0 Å². The van der Waals surface area contributed by atoms with Gasteiger partial charge in [-0.25, -0.2) is 4.68 Å². The number of aromatic nitrogens is 2. The van der Waals surface area contributed by atoms with E-state index in [0.717, 1.165) is 22.9 Å². The Bertz CT molecular complexity index is 650. The molecule has 0 fully saturated rings. The van der Waals surface area contributed by atoms with E-state index in [1.807, 2.05) is 42.1 Å². The molecule has 98 valence electrons. The molecule has 0 radical (unpaired) electrons. The summed E-state index contributed by atoms with van der Waals surface area (Å²) in [6.45, 7) is 2.06. The number of fused-ring (bicyclic) bond motifs is 1. The highest BCUT2D eigenvalue weighted by atomic mass is 16.1. The Kier molecular flexibility index (Phi) is 3.80. The van der Waals surface area contributed by atoms with Gasteiger partial charge in [-0.2, -0.15) is 5.10 Å². The lowest BCUT2D eigenvalue weighted by Crippen LogP contribution is -2.06. The molecule has 1 heterocycles. The Labute approximate surface area is 112 Å². The van der Waals surface area contributed by atoms with E-state index >= 15 is 0 Å². The van der Waals surface area contributed by atoms with E-state index < -0.39 is 0 Å². The number of rotatable bonds is 4. The largest absolute Gasteiger partial charge is 0.382 e. The average Bonchev–Trinajstić information content (AvgIpc) is 2.76. The summed E-state index contributed by atoms with van der Waals surface area (Å²) in [6, 6.07) is 6.18. The van der Waals surface area contributed by atoms with Crippen LogP contribution >= 0.6 is 0 Å². The monoisotopic (exact) mass is 255 g/mol. The number of hydrogen-bond donors (Lipinski definition) is 0. The third kappa shape index (κ3) is 2.91. The molecule has 0 aliphatic carbocycles. The first-order valence-electron chi connectivity index (χ1n) is 6.06. The summed E-state index contributed by atoms with van der Waals surface area (Å²) in [4.78, 5) is 12.4. The van der Waals surface area contributed by atoms with Crippen molar-refractivity contribution in [1.29, 1.82) is 0 Å². The van der Waals surface area contributed by atoms with Gasteiger partial charge >= 0.3 is 0 Å². The smallest absolute Gasteiger partial charge is 0.142 e. The second-order valence-electron chi connectivity index (χ2n) is 4.63. The molecule has 1 aromatic heterocycles. The van der Waals surface area contributed by atoms with Crippen LogP contribution in [0.5, 0.6) is 0 Å². The zero-order chi connectivity index (χ0) is 13.8. The first kappa shape index (κ1) is 13.1. The van der Waals surface area contributed by atoms with Gasteiger partial charge in [0.05, 0.1) is 17.4 Å². The van der Waals surface area contributed by atoms with Crippen LogP contribution in [0.15, 0.2) is 42.7 Å². The lowest BCUT2D eigenvalue weighted by atomic mass is 10.2. The van der Waals surface area contributed by atoms with Gasteiger partial charge in [-0.05, 0) is 31.2 Å². The third-order valence-corrected chi connectivity index (χ3v) is 2.70. The van der Waals surface area contributed by atoms with Crippen LogP contribution in [-0.2, 0) is 4.79 Å². The molecule has 4 heteroatoms. The second kappa shape index (κ2) is 5.52. The van der Waals surface area contributed by atoms with E-state index in [1.54, 1.807) is 6.08 Å². The van der Waals surface area contributed by atoms with Crippen molar-refractivity contribution in [3.8, 4) is 0 Å². The van der Waals surface area contributed by atoms with Crippen molar-refractivity contribution in [2.24, 2.45) is 0 Å². The molecule has 0 amide bonds. The third-order valence-electron chi connectivity index (χ3n) is 2.70. The zero-order valence-corrected chi connectivity index (χ0v) is 11.4. The number of allylic oxidation sites excluding steroid dienone is 3. The minimum Gasteiger partial charge on any atom is -0.382 e. The molecule has 1 aromatic carbocycles. The van der Waals surface area contributed by atoms with Gasteiger partial charge in [-0.15, -0.1) is 0 Å². The maximum Gasteiger partial charge on any atom is 0.142 e. The van der Waals surface area contributed by atoms with E-state index in [9.17, 15) is 4.79 Å². The molecule has 2 rings (SSSR count). The number of aldehydes is 1. The number of carbonyl (C=O) groups excluding carboxylic acids is 1. The van der Waals surface area contributed by atoms with Crippen LogP contribution in [0, 0.1) is 6.92 Å². The lowest BCUT2D eigenvalue weighted by molar-refractivity contribution is -0.104. The molecule has 2 aromatic rings. The van der Waals surface area contributed by atoms with E-state index in [-0.39, 0.29) is 0 Å². The van der Waals surface area contributed by atoms with Gasteiger partial charge < -0.3 is 4.90 Å². The Balaban J connectivity index is 2.56. The van der Waals surface area contributed by atoms with Gasteiger partial charge in [0.1, 0.15) is 6.29 Å². The van der Waals surface area contributed by atoms with Gasteiger partial charge in [-0.1, -0.05) is 11.6 Å². The van der Waals surface area contributed by atoms with Crippen molar-refractivity contribution in [1.82, 2.24) is 14.7 Å². The van der Waals surface area contributed by atoms with E-state index in [1.165, 1.54) is 11.6 Å². The molecule has 0 aliphatic heterocycles. The fraction of sp³-hybridized carbons (Fsp3) is 0.200. The fourth-order valence-corrected chi connectivity index (χ4v) is 1.93. The first-order valence-corrected chi connectivity index (χ1v) is 6.06. The highest BCUT2D eigenvalue weighted by molar-refractivity contribution is 5.84. The molecule has 0 saturated carbocycles. The van der Waals surface area contributed by atoms with Crippen LogP contribution in [0.25, 0.3) is 16.6 Å². The zero-order valence-electron chi connectivity index (χ0n) is 11.4. The SMILES string of the molecule is Cc1ccc2c(cnn2C(=CN(C)C)/C=C\C=O)c1. The lowest BCUT2D eigenvalue weighted by Gasteiger charge is -2.10. The van der Waals surface area contributed by atoms with Crippen molar-refractivity contribution in [2.75, 3.05) is 14.1 Å². The quantitative estimate of drug-likeness (QED) is 0.478. The Morgan fingerprint density at radius 1 is 1.37 bits per heavy atom. The Morgan fingerprint density at radius 2 is 2.16 bits per heavy atom. The summed E-state index contributed by atoms with van der Waals surface area (Å²) in [7, 11) is 3.87. The maximum atomic E-state index is 10.5. The van der Waals surface area contributed by atoms with Crippen molar-refractivity contribution in [2.45, 2.75) is 6.92 Å². The summed E-state index contributed by atoms with van der Waals surface area (Å²) >= 11 is 0. The topological polar surface area (TPSA) is 38.1 Å². The van der Waals surface area contributed by atoms with Crippen molar-refractivity contribution < 1.29 is 4.79 Å². The maximum absolute atomic E-state index is 10.5. The van der Waals surface area contributed by atoms with Crippen LogP contribution in [0.3, 0.4) is 0 Å². The predicted molar refractivity (Wildman–Crippen MR) is 77.6 cm³/mol. The fourth-order valence-electron chi connectivity index (χ4n) is 1.93. The molecule has 0 saturated heterocycles. The minimum absolute atomic E-state index is 0.763. The molecular weight excluding hydrogens is 238 g/mol. The number of benzene rings is 1. The second-order valence-corrected chi connectivity index (χ2v) is 4.63. The molecule has 19 heavy (non-hydrogen) atoms. The summed E-state index contributed by atoms with van der Waals surface area (Å²) in [5.74, 6) is 0. The van der Waals surface area contributed by atoms with Gasteiger partial charge in [0.2, 0.25) is 0 Å².